The third-order valence-electron chi connectivity index (χ3n) is 6.73. The molecule has 1 atom stereocenters. The first-order valence-electron chi connectivity index (χ1n) is 12.5. The van der Waals surface area contributed by atoms with E-state index in [0.29, 0.717) is 46.0 Å². The predicted molar refractivity (Wildman–Crippen MR) is 148 cm³/mol. The minimum Gasteiger partial charge on any atom is -0.507 e. The first-order chi connectivity index (χ1) is 18.8. The average Bonchev–Trinajstić information content (AvgIpc) is 3.46. The molecule has 0 bridgehead atoms. The highest BCUT2D eigenvalue weighted by atomic mass is 16.5. The van der Waals surface area contributed by atoms with Crippen LogP contribution in [0, 0.1) is 13.8 Å². The van der Waals surface area contributed by atoms with Gasteiger partial charge in [0.2, 0.25) is 5.95 Å². The molecule has 1 unspecified atom stereocenters. The number of H-pyrrole nitrogens is 1. The van der Waals surface area contributed by atoms with Gasteiger partial charge in [0.25, 0.3) is 5.78 Å². The number of fused-ring (bicyclic) bond motifs is 1. The summed E-state index contributed by atoms with van der Waals surface area (Å²) in [6.07, 6.45) is 0. The van der Waals surface area contributed by atoms with Crippen LogP contribution >= 0.6 is 0 Å². The van der Waals surface area contributed by atoms with Crippen molar-refractivity contribution in [2.45, 2.75) is 26.8 Å². The van der Waals surface area contributed by atoms with Gasteiger partial charge in [-0.1, -0.05) is 24.3 Å². The molecule has 3 aromatic carbocycles. The number of aliphatic hydroxyl groups excluding tert-OH is 1. The van der Waals surface area contributed by atoms with Gasteiger partial charge in [-0.3, -0.25) is 14.5 Å². The van der Waals surface area contributed by atoms with Crippen LogP contribution in [-0.2, 0) is 9.59 Å². The summed E-state index contributed by atoms with van der Waals surface area (Å²) < 4.78 is 16.8. The van der Waals surface area contributed by atoms with Gasteiger partial charge in [-0.15, -0.1) is 0 Å². The Morgan fingerprint density at radius 3 is 2.49 bits per heavy atom. The standard InChI is InChI=1S/C30H29N3O6/c1-6-39-23-15-18(11-12-22(23)37-4)25-24(26(34)19-14-16(2)13-17(3)28(19)38-5)27(35)29(36)33(25)30-31-20-9-7-8-10-21(20)32-30/h7-15,25,34H,6H2,1-5H3,(H,31,32)/b26-24+. The van der Waals surface area contributed by atoms with Crippen LogP contribution < -0.4 is 19.1 Å². The Morgan fingerprint density at radius 1 is 1.03 bits per heavy atom. The molecule has 0 aliphatic carbocycles. The highest BCUT2D eigenvalue weighted by molar-refractivity contribution is 6.51. The fourth-order valence-corrected chi connectivity index (χ4v) is 5.10. The number of ether oxygens (including phenoxy) is 3. The molecule has 1 aliphatic rings. The van der Waals surface area contributed by atoms with Crippen LogP contribution in [0.1, 0.15) is 35.2 Å². The lowest BCUT2D eigenvalue weighted by molar-refractivity contribution is -0.132. The summed E-state index contributed by atoms with van der Waals surface area (Å²) in [5.74, 6) is -0.464. The second-order valence-electron chi connectivity index (χ2n) is 9.25. The third-order valence-corrected chi connectivity index (χ3v) is 6.73. The number of nitrogens with one attached hydrogen (secondary N) is 1. The van der Waals surface area contributed by atoms with E-state index in [9.17, 15) is 14.7 Å². The zero-order valence-electron chi connectivity index (χ0n) is 22.4. The van der Waals surface area contributed by atoms with Crippen LogP contribution in [-0.4, -0.2) is 47.6 Å². The van der Waals surface area contributed by atoms with Gasteiger partial charge < -0.3 is 24.3 Å². The van der Waals surface area contributed by atoms with Crippen LogP contribution in [0.3, 0.4) is 0 Å². The number of benzene rings is 3. The van der Waals surface area contributed by atoms with Gasteiger partial charge in [0, 0.05) is 0 Å². The summed E-state index contributed by atoms with van der Waals surface area (Å²) in [5, 5.41) is 11.7. The van der Waals surface area contributed by atoms with Crippen LogP contribution in [0.25, 0.3) is 16.8 Å². The van der Waals surface area contributed by atoms with E-state index < -0.39 is 17.7 Å². The largest absolute Gasteiger partial charge is 0.507 e. The zero-order chi connectivity index (χ0) is 27.8. The minimum atomic E-state index is -1.01. The summed E-state index contributed by atoms with van der Waals surface area (Å²) >= 11 is 0. The number of aryl methyl sites for hydroxylation is 2. The number of hydrogen-bond donors (Lipinski definition) is 2. The van der Waals surface area contributed by atoms with Crippen LogP contribution in [0.4, 0.5) is 5.95 Å². The van der Waals surface area contributed by atoms with Crippen molar-refractivity contribution < 1.29 is 28.9 Å². The number of hydrogen-bond acceptors (Lipinski definition) is 7. The molecule has 0 radical (unpaired) electrons. The summed E-state index contributed by atoms with van der Waals surface area (Å²) in [4.78, 5) is 36.3. The molecule has 2 heterocycles. The topological polar surface area (TPSA) is 114 Å². The fourth-order valence-electron chi connectivity index (χ4n) is 5.10. The fraction of sp³-hybridized carbons (Fsp3) is 0.233. The van der Waals surface area contributed by atoms with Crippen molar-refractivity contribution in [3.05, 3.63) is 82.4 Å². The molecule has 200 valence electrons. The number of Topliss-reactive ketones (excluding diaryl/α,β-unsaturated/α-hetero) is 1. The van der Waals surface area contributed by atoms with E-state index in [1.54, 1.807) is 24.3 Å². The molecule has 1 fully saturated rings. The maximum atomic E-state index is 13.7. The Hall–Kier alpha value is -4.79. The van der Waals surface area contributed by atoms with Crippen molar-refractivity contribution in [3.8, 4) is 17.2 Å². The molecular formula is C30H29N3O6. The van der Waals surface area contributed by atoms with E-state index in [0.717, 1.165) is 11.1 Å². The highest BCUT2D eigenvalue weighted by Gasteiger charge is 2.48. The first kappa shape index (κ1) is 25.8. The average molecular weight is 528 g/mol. The number of para-hydroxylation sites is 2. The number of aliphatic hydroxyl groups is 1. The summed E-state index contributed by atoms with van der Waals surface area (Å²) in [5.41, 5.74) is 3.75. The molecule has 1 saturated heterocycles. The maximum absolute atomic E-state index is 13.7. The Morgan fingerprint density at radius 2 is 1.79 bits per heavy atom. The van der Waals surface area contributed by atoms with E-state index in [4.69, 9.17) is 14.2 Å². The molecule has 0 spiro atoms. The SMILES string of the molecule is CCOc1cc(C2/C(=C(\O)c3cc(C)cc(C)c3OC)C(=O)C(=O)N2c2nc3ccccc3[nH]2)ccc1OC. The number of nitrogens with zero attached hydrogens (tertiary/aromatic N) is 2. The molecule has 4 aromatic rings. The molecule has 39 heavy (non-hydrogen) atoms. The Kier molecular flexibility index (Phi) is 6.74. The van der Waals surface area contributed by atoms with Gasteiger partial charge in [-0.05, 0) is 67.8 Å². The smallest absolute Gasteiger partial charge is 0.302 e. The lowest BCUT2D eigenvalue weighted by Crippen LogP contribution is -2.30. The van der Waals surface area contributed by atoms with Gasteiger partial charge in [-0.25, -0.2) is 4.98 Å². The van der Waals surface area contributed by atoms with Crippen molar-refractivity contribution in [1.29, 1.82) is 0 Å². The number of aromatic amines is 1. The highest BCUT2D eigenvalue weighted by Crippen LogP contribution is 2.45. The number of ketones is 1. The number of rotatable bonds is 7. The van der Waals surface area contributed by atoms with Gasteiger partial charge in [0.15, 0.2) is 11.5 Å². The monoisotopic (exact) mass is 527 g/mol. The molecule has 5 rings (SSSR count). The molecular weight excluding hydrogens is 498 g/mol. The number of carbonyl (C=O) groups is 2. The molecule has 2 N–H and O–H groups in total. The molecule has 0 saturated carbocycles. The van der Waals surface area contributed by atoms with E-state index in [2.05, 4.69) is 9.97 Å². The Balaban J connectivity index is 1.79. The number of carbonyl (C=O) groups excluding carboxylic acids is 2. The number of aromatic nitrogens is 2. The van der Waals surface area contributed by atoms with E-state index in [1.165, 1.54) is 19.1 Å². The van der Waals surface area contributed by atoms with Crippen LogP contribution in [0.2, 0.25) is 0 Å². The predicted octanol–water partition coefficient (Wildman–Crippen LogP) is 5.22. The molecule has 1 aromatic heterocycles. The van der Waals surface area contributed by atoms with Gasteiger partial charge >= 0.3 is 5.91 Å². The summed E-state index contributed by atoms with van der Waals surface area (Å²) in [6.45, 7) is 5.96. The summed E-state index contributed by atoms with van der Waals surface area (Å²) in [7, 11) is 3.03. The Bertz CT molecular complexity index is 1600. The summed E-state index contributed by atoms with van der Waals surface area (Å²) in [6, 6.07) is 15.1. The molecule has 9 heteroatoms. The quantitative estimate of drug-likeness (QED) is 0.192. The Labute approximate surface area is 225 Å². The van der Waals surface area contributed by atoms with E-state index in [1.807, 2.05) is 51.1 Å². The van der Waals surface area contributed by atoms with Crippen LogP contribution in [0.15, 0.2) is 60.2 Å². The van der Waals surface area contributed by atoms with Crippen LogP contribution in [0.5, 0.6) is 17.2 Å². The molecule has 1 aliphatic heterocycles. The number of imidazole rings is 1. The van der Waals surface area contributed by atoms with Gasteiger partial charge in [0.05, 0.1) is 49.0 Å². The second kappa shape index (κ2) is 10.2. The molecule has 1 amide bonds. The zero-order valence-corrected chi connectivity index (χ0v) is 22.4. The number of anilines is 1. The van der Waals surface area contributed by atoms with Crippen molar-refractivity contribution in [3.63, 3.8) is 0 Å². The van der Waals surface area contributed by atoms with Crippen molar-refractivity contribution >= 4 is 34.4 Å². The normalized spacial score (nSPS) is 16.6. The first-order valence-corrected chi connectivity index (χ1v) is 12.5. The number of amides is 1. The van der Waals surface area contributed by atoms with Crippen molar-refractivity contribution in [2.24, 2.45) is 0 Å². The molecule has 9 nitrogen and oxygen atoms in total. The van der Waals surface area contributed by atoms with Crippen molar-refractivity contribution in [1.82, 2.24) is 9.97 Å². The van der Waals surface area contributed by atoms with Crippen molar-refractivity contribution in [2.75, 3.05) is 25.7 Å². The maximum Gasteiger partial charge on any atom is 0.302 e. The minimum absolute atomic E-state index is 0.0867. The second-order valence-corrected chi connectivity index (χ2v) is 9.25. The van der Waals surface area contributed by atoms with E-state index >= 15 is 0 Å². The van der Waals surface area contributed by atoms with E-state index in [-0.39, 0.29) is 17.3 Å². The third kappa shape index (κ3) is 4.35. The van der Waals surface area contributed by atoms with Gasteiger partial charge in [0.1, 0.15) is 11.5 Å². The number of methoxy groups -OCH3 is 2. The lowest BCUT2D eigenvalue weighted by Gasteiger charge is -2.24. The van der Waals surface area contributed by atoms with Gasteiger partial charge in [-0.2, -0.15) is 0 Å². The lowest BCUT2D eigenvalue weighted by atomic mass is 9.93.